The summed E-state index contributed by atoms with van der Waals surface area (Å²) < 4.78 is 0. The molecule has 4 nitrogen and oxygen atoms in total. The third-order valence-electron chi connectivity index (χ3n) is 3.97. The van der Waals surface area contributed by atoms with Gasteiger partial charge in [0, 0.05) is 28.8 Å². The summed E-state index contributed by atoms with van der Waals surface area (Å²) in [4.78, 5) is 3.51. The van der Waals surface area contributed by atoms with Crippen LogP contribution in [-0.4, -0.2) is 10.2 Å². The predicted molar refractivity (Wildman–Crippen MR) is 106 cm³/mol. The molecule has 0 unspecified atom stereocenters. The number of aromatic nitrogens is 2. The molecular formula is C21H17ClN4. The number of aryl methyl sites for hydroxylation is 1. The lowest BCUT2D eigenvalue weighted by molar-refractivity contribution is 1.00. The molecule has 3 rings (SSSR count). The van der Waals surface area contributed by atoms with Gasteiger partial charge in [0.1, 0.15) is 5.69 Å². The summed E-state index contributed by atoms with van der Waals surface area (Å²) in [6.07, 6.45) is 0.748. The fraction of sp³-hybridized carbons (Fsp3) is 0.190. The van der Waals surface area contributed by atoms with E-state index in [1.807, 2.05) is 44.2 Å². The second-order valence-corrected chi connectivity index (χ2v) is 6.24. The molecule has 5 heteroatoms. The minimum Gasteiger partial charge on any atom is -0.364 e. The maximum absolute atomic E-state index is 7.26. The van der Waals surface area contributed by atoms with Gasteiger partial charge in [-0.2, -0.15) is 0 Å². The summed E-state index contributed by atoms with van der Waals surface area (Å²) in [5, 5.41) is 14.3. The number of anilines is 1. The van der Waals surface area contributed by atoms with E-state index in [4.69, 9.17) is 18.2 Å². The zero-order chi connectivity index (χ0) is 18.5. The molecule has 0 fully saturated rings. The quantitative estimate of drug-likeness (QED) is 0.494. The lowest BCUT2D eigenvalue weighted by Gasteiger charge is -2.10. The van der Waals surface area contributed by atoms with Gasteiger partial charge in [0.2, 0.25) is 0 Å². The van der Waals surface area contributed by atoms with Crippen LogP contribution in [0.15, 0.2) is 36.4 Å². The Hall–Kier alpha value is -3.08. The fourth-order valence-corrected chi connectivity index (χ4v) is 2.74. The first-order chi connectivity index (χ1) is 12.6. The van der Waals surface area contributed by atoms with Crippen LogP contribution in [0.1, 0.15) is 30.2 Å². The normalized spacial score (nSPS) is 10.1. The Morgan fingerprint density at radius 1 is 1.15 bits per heavy atom. The van der Waals surface area contributed by atoms with E-state index in [-0.39, 0.29) is 0 Å². The molecule has 0 spiro atoms. The van der Waals surface area contributed by atoms with Gasteiger partial charge in [0.15, 0.2) is 11.5 Å². The lowest BCUT2D eigenvalue weighted by Crippen LogP contribution is -2.04. The van der Waals surface area contributed by atoms with E-state index in [1.165, 1.54) is 0 Å². The van der Waals surface area contributed by atoms with Gasteiger partial charge in [-0.15, -0.1) is 10.2 Å². The van der Waals surface area contributed by atoms with Crippen LogP contribution in [-0.2, 0) is 6.54 Å². The summed E-state index contributed by atoms with van der Waals surface area (Å²) >= 11 is 6.20. The summed E-state index contributed by atoms with van der Waals surface area (Å²) in [6.45, 7) is 11.8. The lowest BCUT2D eigenvalue weighted by atomic mass is 10.1. The van der Waals surface area contributed by atoms with Gasteiger partial charge in [-0.1, -0.05) is 48.7 Å². The van der Waals surface area contributed by atoms with Gasteiger partial charge in [0.25, 0.3) is 0 Å². The zero-order valence-corrected chi connectivity index (χ0v) is 15.4. The molecule has 0 radical (unpaired) electrons. The molecule has 0 aliphatic rings. The van der Waals surface area contributed by atoms with Gasteiger partial charge in [-0.25, -0.2) is 4.85 Å². The van der Waals surface area contributed by atoms with Crippen LogP contribution in [0.4, 0.5) is 11.5 Å². The smallest absolute Gasteiger partial charge is 0.188 e. The molecule has 0 atom stereocenters. The highest BCUT2D eigenvalue weighted by Gasteiger charge is 2.09. The topological polar surface area (TPSA) is 42.2 Å². The number of fused-ring (bicyclic) bond motifs is 1. The van der Waals surface area contributed by atoms with E-state index < -0.39 is 0 Å². The molecule has 0 aliphatic carbocycles. The van der Waals surface area contributed by atoms with Gasteiger partial charge in [-0.3, -0.25) is 0 Å². The standard InChI is InChI=1S/C21H17ClN4/c1-4-5-6-20-17-10-9-16(23-3)12-18(17)21(26-25-20)24-13-15-8-7-14(2)19(22)11-15/h7-12H,4,13H2,1-2H3,(H,24,26). The van der Waals surface area contributed by atoms with Crippen LogP contribution in [0.5, 0.6) is 0 Å². The van der Waals surface area contributed by atoms with Crippen molar-refractivity contribution in [3.05, 3.63) is 69.7 Å². The SMILES string of the molecule is [C-]#[N+]c1ccc2c(C#CCC)nnc(NCc3ccc(C)c(Cl)c3)c2c1. The molecule has 0 saturated heterocycles. The third-order valence-corrected chi connectivity index (χ3v) is 4.38. The highest BCUT2D eigenvalue weighted by atomic mass is 35.5. The number of hydrogen-bond donors (Lipinski definition) is 1. The van der Waals surface area contributed by atoms with Crippen molar-refractivity contribution in [3.8, 4) is 11.8 Å². The average molecular weight is 361 g/mol. The van der Waals surface area contributed by atoms with E-state index in [0.717, 1.165) is 33.3 Å². The molecule has 0 saturated carbocycles. The molecule has 26 heavy (non-hydrogen) atoms. The summed E-state index contributed by atoms with van der Waals surface area (Å²) in [6, 6.07) is 11.4. The van der Waals surface area contributed by atoms with E-state index in [9.17, 15) is 0 Å². The van der Waals surface area contributed by atoms with E-state index >= 15 is 0 Å². The summed E-state index contributed by atoms with van der Waals surface area (Å²) in [7, 11) is 0. The van der Waals surface area contributed by atoms with Crippen LogP contribution < -0.4 is 5.32 Å². The Kier molecular flexibility index (Phi) is 5.37. The van der Waals surface area contributed by atoms with E-state index in [0.29, 0.717) is 23.7 Å². The molecule has 1 aromatic heterocycles. The molecule has 0 bridgehead atoms. The average Bonchev–Trinajstić information content (AvgIpc) is 2.67. The number of halogens is 1. The van der Waals surface area contributed by atoms with Crippen molar-refractivity contribution in [3.63, 3.8) is 0 Å². The van der Waals surface area contributed by atoms with Crippen LogP contribution in [0.3, 0.4) is 0 Å². The van der Waals surface area contributed by atoms with Crippen molar-refractivity contribution in [1.29, 1.82) is 0 Å². The molecule has 1 heterocycles. The Morgan fingerprint density at radius 2 is 2.00 bits per heavy atom. The van der Waals surface area contributed by atoms with Gasteiger partial charge < -0.3 is 5.32 Å². The second kappa shape index (κ2) is 7.87. The Bertz CT molecular complexity index is 1070. The first-order valence-corrected chi connectivity index (χ1v) is 8.66. The van der Waals surface area contributed by atoms with Gasteiger partial charge in [-0.05, 0) is 36.1 Å². The molecule has 128 valence electrons. The Balaban J connectivity index is 1.99. The van der Waals surface area contributed by atoms with Crippen molar-refractivity contribution in [1.82, 2.24) is 10.2 Å². The second-order valence-electron chi connectivity index (χ2n) is 5.83. The monoisotopic (exact) mass is 360 g/mol. The van der Waals surface area contributed by atoms with Crippen molar-refractivity contribution in [2.75, 3.05) is 5.32 Å². The highest BCUT2D eigenvalue weighted by molar-refractivity contribution is 6.31. The fourth-order valence-electron chi connectivity index (χ4n) is 2.54. The van der Waals surface area contributed by atoms with Crippen LogP contribution in [0.2, 0.25) is 5.02 Å². The van der Waals surface area contributed by atoms with Crippen molar-refractivity contribution < 1.29 is 0 Å². The first-order valence-electron chi connectivity index (χ1n) is 8.28. The van der Waals surface area contributed by atoms with E-state index in [1.54, 1.807) is 6.07 Å². The van der Waals surface area contributed by atoms with Crippen molar-refractivity contribution >= 4 is 33.9 Å². The van der Waals surface area contributed by atoms with E-state index in [2.05, 4.69) is 32.2 Å². The van der Waals surface area contributed by atoms with Crippen molar-refractivity contribution in [2.45, 2.75) is 26.8 Å². The predicted octanol–water partition coefficient (Wildman–Crippen LogP) is 5.52. The number of nitrogens with one attached hydrogen (secondary N) is 1. The third kappa shape index (κ3) is 3.77. The maximum atomic E-state index is 7.26. The van der Waals surface area contributed by atoms with Crippen LogP contribution >= 0.6 is 11.6 Å². The minimum absolute atomic E-state index is 0.557. The van der Waals surface area contributed by atoms with Gasteiger partial charge >= 0.3 is 0 Å². The first kappa shape index (κ1) is 17.7. The Labute approximate surface area is 158 Å². The molecular weight excluding hydrogens is 344 g/mol. The summed E-state index contributed by atoms with van der Waals surface area (Å²) in [5.41, 5.74) is 3.27. The largest absolute Gasteiger partial charge is 0.364 e. The van der Waals surface area contributed by atoms with Crippen LogP contribution in [0, 0.1) is 25.3 Å². The zero-order valence-electron chi connectivity index (χ0n) is 14.6. The van der Waals surface area contributed by atoms with Crippen LogP contribution in [0.25, 0.3) is 15.6 Å². The maximum Gasteiger partial charge on any atom is 0.188 e. The van der Waals surface area contributed by atoms with Crippen molar-refractivity contribution in [2.24, 2.45) is 0 Å². The molecule has 2 aromatic carbocycles. The minimum atomic E-state index is 0.557. The number of rotatable bonds is 3. The number of nitrogens with zero attached hydrogens (tertiary/aromatic N) is 3. The summed E-state index contributed by atoms with van der Waals surface area (Å²) in [5.74, 6) is 6.70. The molecule has 0 amide bonds. The number of benzene rings is 2. The molecule has 0 aliphatic heterocycles. The molecule has 1 N–H and O–H groups in total. The Morgan fingerprint density at radius 3 is 2.73 bits per heavy atom. The van der Waals surface area contributed by atoms with Gasteiger partial charge in [0.05, 0.1) is 6.57 Å². The highest BCUT2D eigenvalue weighted by Crippen LogP contribution is 2.28. The molecule has 3 aromatic rings. The number of hydrogen-bond acceptors (Lipinski definition) is 3.